The molecule has 17 nitrogen and oxygen atoms in total. The van der Waals surface area contributed by atoms with Crippen LogP contribution in [0.2, 0.25) is 0 Å². The molecule has 7 atom stereocenters. The average Bonchev–Trinajstić information content (AvgIpc) is 2.98. The van der Waals surface area contributed by atoms with Gasteiger partial charge in [-0.15, -0.1) is 0 Å². The molecule has 256 valence electrons. The minimum Gasteiger partial charge on any atom is -0.508 e. The number of aliphatic hydroxyl groups is 1. The standard InChI is InChI=1S/C29H43N5O12/c1-4-14(2)23(30)28(44)32-19(10-12-22(39)40)25(41)31-18(9-11-21(37)38)26(42)33-20(13-16-5-7-17(36)8-6-16)27(43)34-24(15(3)35)29(45)46/h5-8,14-15,18-20,23-24,35-36H,4,9-13,30H2,1-3H3,(H,31,41)(H,32,44)(H,33,42)(H,34,43)(H,37,38)(H,39,40)(H,45,46)/t14-,15+,18-,19-,20-,23-,24-/m0/s1. The van der Waals surface area contributed by atoms with Crippen LogP contribution in [0.15, 0.2) is 24.3 Å². The summed E-state index contributed by atoms with van der Waals surface area (Å²) in [5.74, 6) is -8.42. The molecule has 11 N–H and O–H groups in total. The summed E-state index contributed by atoms with van der Waals surface area (Å²) < 4.78 is 0. The number of aromatic hydroxyl groups is 1. The molecule has 46 heavy (non-hydrogen) atoms. The van der Waals surface area contributed by atoms with E-state index < -0.39 is 104 Å². The minimum absolute atomic E-state index is 0.0973. The number of carboxylic acids is 3. The molecule has 0 heterocycles. The number of nitrogens with one attached hydrogen (secondary N) is 4. The van der Waals surface area contributed by atoms with E-state index in [1.807, 2.05) is 0 Å². The second-order valence-corrected chi connectivity index (χ2v) is 10.9. The first kappa shape index (κ1) is 39.3. The molecule has 0 saturated heterocycles. The van der Waals surface area contributed by atoms with E-state index in [-0.39, 0.29) is 18.1 Å². The highest BCUT2D eigenvalue weighted by molar-refractivity contribution is 5.96. The van der Waals surface area contributed by atoms with E-state index in [9.17, 15) is 54.0 Å². The molecule has 4 amide bonds. The van der Waals surface area contributed by atoms with Gasteiger partial charge in [-0.1, -0.05) is 32.4 Å². The minimum atomic E-state index is -1.75. The molecule has 0 unspecified atom stereocenters. The predicted octanol–water partition coefficient (Wildman–Crippen LogP) is -1.56. The van der Waals surface area contributed by atoms with Crippen LogP contribution < -0.4 is 27.0 Å². The van der Waals surface area contributed by atoms with Crippen LogP contribution in [-0.2, 0) is 40.0 Å². The predicted molar refractivity (Wildman–Crippen MR) is 160 cm³/mol. The highest BCUT2D eigenvalue weighted by atomic mass is 16.4. The monoisotopic (exact) mass is 653 g/mol. The van der Waals surface area contributed by atoms with E-state index >= 15 is 0 Å². The molecule has 0 aliphatic rings. The van der Waals surface area contributed by atoms with Crippen molar-refractivity contribution in [3.8, 4) is 5.75 Å². The molecule has 0 radical (unpaired) electrons. The number of hydrogen-bond acceptors (Lipinski definition) is 10. The third-order valence-electron chi connectivity index (χ3n) is 7.17. The van der Waals surface area contributed by atoms with E-state index in [2.05, 4.69) is 21.3 Å². The highest BCUT2D eigenvalue weighted by Gasteiger charge is 2.33. The van der Waals surface area contributed by atoms with Gasteiger partial charge in [0.15, 0.2) is 6.04 Å². The SMILES string of the molecule is CC[C@H](C)[C@H](N)C(=O)N[C@@H](CCC(=O)O)C(=O)N[C@@H](CCC(=O)O)C(=O)N[C@@H](Cc1ccc(O)cc1)C(=O)N[C@H](C(=O)O)[C@@H](C)O. The zero-order chi connectivity index (χ0) is 35.1. The second-order valence-electron chi connectivity index (χ2n) is 10.9. The first-order valence-electron chi connectivity index (χ1n) is 14.6. The Kier molecular flexibility index (Phi) is 16.1. The quantitative estimate of drug-likeness (QED) is 0.0763. The summed E-state index contributed by atoms with van der Waals surface area (Å²) in [5, 5.41) is 56.4. The number of phenolic OH excluding ortho intramolecular Hbond substituents is 1. The zero-order valence-corrected chi connectivity index (χ0v) is 25.8. The van der Waals surface area contributed by atoms with E-state index in [4.69, 9.17) is 10.8 Å². The van der Waals surface area contributed by atoms with Crippen molar-refractivity contribution in [2.75, 3.05) is 0 Å². The lowest BCUT2D eigenvalue weighted by molar-refractivity contribution is -0.145. The Balaban J connectivity index is 3.34. The molecule has 1 aromatic rings. The van der Waals surface area contributed by atoms with Crippen molar-refractivity contribution >= 4 is 41.5 Å². The van der Waals surface area contributed by atoms with Crippen LogP contribution in [0.1, 0.15) is 58.4 Å². The second kappa shape index (κ2) is 18.9. The first-order valence-corrected chi connectivity index (χ1v) is 14.6. The number of aliphatic hydroxyl groups excluding tert-OH is 1. The lowest BCUT2D eigenvalue weighted by Crippen LogP contribution is -2.59. The van der Waals surface area contributed by atoms with Crippen molar-refractivity contribution in [3.63, 3.8) is 0 Å². The van der Waals surface area contributed by atoms with Crippen molar-refractivity contribution in [1.82, 2.24) is 21.3 Å². The molecular formula is C29H43N5O12. The Morgan fingerprint density at radius 1 is 0.717 bits per heavy atom. The average molecular weight is 654 g/mol. The molecule has 1 rings (SSSR count). The maximum absolute atomic E-state index is 13.4. The fourth-order valence-electron chi connectivity index (χ4n) is 4.12. The summed E-state index contributed by atoms with van der Waals surface area (Å²) >= 11 is 0. The summed E-state index contributed by atoms with van der Waals surface area (Å²) in [6, 6.07) is -1.94. The molecule has 0 aromatic heterocycles. The smallest absolute Gasteiger partial charge is 0.328 e. The number of amides is 4. The van der Waals surface area contributed by atoms with Crippen molar-refractivity contribution in [3.05, 3.63) is 29.8 Å². The molecule has 0 aliphatic carbocycles. The van der Waals surface area contributed by atoms with Gasteiger partial charge in [0.25, 0.3) is 0 Å². The van der Waals surface area contributed by atoms with Crippen LogP contribution in [0, 0.1) is 5.92 Å². The van der Waals surface area contributed by atoms with Crippen LogP contribution in [0.4, 0.5) is 0 Å². The number of carbonyl (C=O) groups excluding carboxylic acids is 4. The molecule has 0 fully saturated rings. The summed E-state index contributed by atoms with van der Waals surface area (Å²) in [6.45, 7) is 4.62. The lowest BCUT2D eigenvalue weighted by Gasteiger charge is -2.27. The largest absolute Gasteiger partial charge is 0.508 e. The van der Waals surface area contributed by atoms with Crippen LogP contribution in [-0.4, -0.2) is 103 Å². The molecular weight excluding hydrogens is 610 g/mol. The number of carbonyl (C=O) groups is 7. The zero-order valence-electron chi connectivity index (χ0n) is 25.8. The number of aliphatic carboxylic acids is 3. The third kappa shape index (κ3) is 13.5. The van der Waals surface area contributed by atoms with Gasteiger partial charge >= 0.3 is 17.9 Å². The van der Waals surface area contributed by atoms with Crippen LogP contribution in [0.25, 0.3) is 0 Å². The topological polar surface area (TPSA) is 295 Å². The molecule has 0 bridgehead atoms. The molecule has 1 aromatic carbocycles. The van der Waals surface area contributed by atoms with Gasteiger partial charge in [0.1, 0.15) is 23.9 Å². The first-order chi connectivity index (χ1) is 21.5. The van der Waals surface area contributed by atoms with Gasteiger partial charge in [-0.3, -0.25) is 28.8 Å². The fourth-order valence-corrected chi connectivity index (χ4v) is 4.12. The van der Waals surface area contributed by atoms with Gasteiger partial charge in [-0.25, -0.2) is 4.79 Å². The Hall–Kier alpha value is -4.77. The Bertz CT molecular complexity index is 1240. The van der Waals surface area contributed by atoms with Crippen molar-refractivity contribution in [2.45, 2.75) is 95.6 Å². The highest BCUT2D eigenvalue weighted by Crippen LogP contribution is 2.13. The molecule has 17 heteroatoms. The van der Waals surface area contributed by atoms with Crippen LogP contribution in [0.3, 0.4) is 0 Å². The summed E-state index contributed by atoms with van der Waals surface area (Å²) in [7, 11) is 0. The van der Waals surface area contributed by atoms with E-state index in [1.54, 1.807) is 13.8 Å². The summed E-state index contributed by atoms with van der Waals surface area (Å²) in [6.07, 6.45) is -3.31. The third-order valence-corrected chi connectivity index (χ3v) is 7.17. The molecule has 0 saturated carbocycles. The van der Waals surface area contributed by atoms with Crippen molar-refractivity contribution in [2.24, 2.45) is 11.7 Å². The van der Waals surface area contributed by atoms with E-state index in [1.165, 1.54) is 24.3 Å². The van der Waals surface area contributed by atoms with Crippen LogP contribution >= 0.6 is 0 Å². The summed E-state index contributed by atoms with van der Waals surface area (Å²) in [4.78, 5) is 86.7. The van der Waals surface area contributed by atoms with Gasteiger partial charge < -0.3 is 52.5 Å². The van der Waals surface area contributed by atoms with E-state index in [0.717, 1.165) is 6.92 Å². The Morgan fingerprint density at radius 3 is 1.57 bits per heavy atom. The fraction of sp³-hybridized carbons (Fsp3) is 0.552. The Morgan fingerprint density at radius 2 is 1.15 bits per heavy atom. The lowest BCUT2D eigenvalue weighted by atomic mass is 9.98. The maximum Gasteiger partial charge on any atom is 0.328 e. The number of hydrogen-bond donors (Lipinski definition) is 10. The molecule has 0 aliphatic heterocycles. The van der Waals surface area contributed by atoms with Crippen molar-refractivity contribution in [1.29, 1.82) is 0 Å². The maximum atomic E-state index is 13.4. The van der Waals surface area contributed by atoms with Gasteiger partial charge in [-0.2, -0.15) is 0 Å². The number of carboxylic acid groups (broad SMARTS) is 3. The van der Waals surface area contributed by atoms with Crippen LogP contribution in [0.5, 0.6) is 5.75 Å². The number of benzene rings is 1. The Labute approximate surface area is 264 Å². The van der Waals surface area contributed by atoms with Gasteiger partial charge in [0, 0.05) is 19.3 Å². The normalized spacial score (nSPS) is 15.5. The number of phenols is 1. The van der Waals surface area contributed by atoms with Crippen molar-refractivity contribution < 1.29 is 59.1 Å². The van der Waals surface area contributed by atoms with E-state index in [0.29, 0.717) is 12.0 Å². The van der Waals surface area contributed by atoms with Gasteiger partial charge in [0.05, 0.1) is 12.1 Å². The number of rotatable bonds is 20. The summed E-state index contributed by atoms with van der Waals surface area (Å²) in [5.41, 5.74) is 6.34. The number of nitrogens with two attached hydrogens (primary N) is 1. The molecule has 0 spiro atoms. The van der Waals surface area contributed by atoms with Gasteiger partial charge in [-0.05, 0) is 43.4 Å². The van der Waals surface area contributed by atoms with Gasteiger partial charge in [0.2, 0.25) is 23.6 Å².